The Kier molecular flexibility index (Phi) is 5.44. The van der Waals surface area contributed by atoms with E-state index in [4.69, 9.17) is 0 Å². The number of rotatable bonds is 4. The van der Waals surface area contributed by atoms with Gasteiger partial charge >= 0.3 is 6.03 Å². The quantitative estimate of drug-likeness (QED) is 0.886. The summed E-state index contributed by atoms with van der Waals surface area (Å²) < 4.78 is 0. The first-order chi connectivity index (χ1) is 10.0. The van der Waals surface area contributed by atoms with Gasteiger partial charge in [-0.15, -0.1) is 0 Å². The molecule has 1 aromatic carbocycles. The van der Waals surface area contributed by atoms with Gasteiger partial charge in [-0.3, -0.25) is 0 Å². The lowest BCUT2D eigenvalue weighted by Crippen LogP contribution is -2.46. The predicted octanol–water partition coefficient (Wildman–Crippen LogP) is 1.65. The number of hydrogen-bond donors (Lipinski definition) is 2. The van der Waals surface area contributed by atoms with Crippen molar-refractivity contribution in [1.82, 2.24) is 15.5 Å². The van der Waals surface area contributed by atoms with Crippen LogP contribution in [0.1, 0.15) is 18.4 Å². The smallest absolute Gasteiger partial charge is 0.315 e. The van der Waals surface area contributed by atoms with Crippen LogP contribution < -0.4 is 15.5 Å². The minimum Gasteiger partial charge on any atom is -0.378 e. The first-order valence-electron chi connectivity index (χ1n) is 7.54. The maximum Gasteiger partial charge on any atom is 0.315 e. The van der Waals surface area contributed by atoms with E-state index in [-0.39, 0.29) is 6.03 Å². The van der Waals surface area contributed by atoms with Crippen molar-refractivity contribution >= 4 is 11.7 Å². The lowest BCUT2D eigenvalue weighted by Gasteiger charge is -2.29. The molecule has 0 unspecified atom stereocenters. The zero-order valence-electron chi connectivity index (χ0n) is 13.2. The fraction of sp³-hybridized carbons (Fsp3) is 0.562. The highest BCUT2D eigenvalue weighted by atomic mass is 16.2. The van der Waals surface area contributed by atoms with Gasteiger partial charge in [-0.05, 0) is 50.7 Å². The van der Waals surface area contributed by atoms with E-state index >= 15 is 0 Å². The number of anilines is 1. The number of likely N-dealkylation sites (tertiary alicyclic amines) is 1. The standard InChI is InChI=1S/C16H26N4O/c1-19(2)15-6-4-5-13(11-15)12-17-16(21)18-14-7-9-20(3)10-8-14/h4-6,11,14H,7-10,12H2,1-3H3,(H2,17,18,21). The predicted molar refractivity (Wildman–Crippen MR) is 86.7 cm³/mol. The van der Waals surface area contributed by atoms with E-state index in [9.17, 15) is 4.79 Å². The molecular formula is C16H26N4O. The lowest BCUT2D eigenvalue weighted by molar-refractivity contribution is 0.213. The van der Waals surface area contributed by atoms with Crippen LogP contribution in [0.15, 0.2) is 24.3 Å². The number of carbonyl (C=O) groups is 1. The van der Waals surface area contributed by atoms with Gasteiger partial charge in [0.2, 0.25) is 0 Å². The maximum atomic E-state index is 11.9. The van der Waals surface area contributed by atoms with E-state index in [0.717, 1.165) is 37.2 Å². The lowest BCUT2D eigenvalue weighted by atomic mass is 10.1. The SMILES string of the molecule is CN1CCC(NC(=O)NCc2cccc(N(C)C)c2)CC1. The Morgan fingerprint density at radius 2 is 2.05 bits per heavy atom. The van der Waals surface area contributed by atoms with Crippen LogP contribution in [-0.4, -0.2) is 51.2 Å². The summed E-state index contributed by atoms with van der Waals surface area (Å²) in [6.07, 6.45) is 2.06. The molecule has 1 heterocycles. The van der Waals surface area contributed by atoms with Crippen LogP contribution in [0.3, 0.4) is 0 Å². The minimum absolute atomic E-state index is 0.0696. The molecule has 1 aliphatic heterocycles. The number of amides is 2. The average molecular weight is 290 g/mol. The first-order valence-corrected chi connectivity index (χ1v) is 7.54. The molecule has 1 saturated heterocycles. The summed E-state index contributed by atoms with van der Waals surface area (Å²) in [6, 6.07) is 8.43. The molecule has 1 fully saturated rings. The molecule has 2 amide bonds. The van der Waals surface area contributed by atoms with Gasteiger partial charge in [-0.25, -0.2) is 4.79 Å². The molecule has 0 spiro atoms. The molecule has 5 nitrogen and oxygen atoms in total. The molecular weight excluding hydrogens is 264 g/mol. The topological polar surface area (TPSA) is 47.6 Å². The van der Waals surface area contributed by atoms with Gasteiger partial charge in [0.15, 0.2) is 0 Å². The van der Waals surface area contributed by atoms with Gasteiger partial charge in [0, 0.05) is 32.4 Å². The van der Waals surface area contributed by atoms with Crippen molar-refractivity contribution < 1.29 is 4.79 Å². The van der Waals surface area contributed by atoms with Gasteiger partial charge in [-0.1, -0.05) is 12.1 Å². The molecule has 116 valence electrons. The second-order valence-corrected chi connectivity index (χ2v) is 5.97. The number of hydrogen-bond acceptors (Lipinski definition) is 3. The summed E-state index contributed by atoms with van der Waals surface area (Å²) in [5.41, 5.74) is 2.25. The molecule has 2 rings (SSSR count). The molecule has 0 aromatic heterocycles. The second-order valence-electron chi connectivity index (χ2n) is 5.97. The van der Waals surface area contributed by atoms with Crippen molar-refractivity contribution in [2.75, 3.05) is 39.1 Å². The highest BCUT2D eigenvalue weighted by Gasteiger charge is 2.18. The Bertz CT molecular complexity index is 467. The van der Waals surface area contributed by atoms with E-state index in [1.54, 1.807) is 0 Å². The fourth-order valence-corrected chi connectivity index (χ4v) is 2.52. The van der Waals surface area contributed by atoms with Crippen LogP contribution in [0.5, 0.6) is 0 Å². The largest absolute Gasteiger partial charge is 0.378 e. The molecule has 1 aromatic rings. The van der Waals surface area contributed by atoms with E-state index in [0.29, 0.717) is 12.6 Å². The minimum atomic E-state index is -0.0696. The van der Waals surface area contributed by atoms with E-state index in [1.807, 2.05) is 26.2 Å². The molecule has 5 heteroatoms. The Morgan fingerprint density at radius 1 is 1.33 bits per heavy atom. The summed E-state index contributed by atoms with van der Waals surface area (Å²) in [7, 11) is 6.15. The van der Waals surface area contributed by atoms with Crippen molar-refractivity contribution in [1.29, 1.82) is 0 Å². The number of benzene rings is 1. The van der Waals surface area contributed by atoms with Gasteiger partial charge in [0.1, 0.15) is 0 Å². The summed E-state index contributed by atoms with van der Waals surface area (Å²) in [6.45, 7) is 2.66. The van der Waals surface area contributed by atoms with Crippen LogP contribution in [0, 0.1) is 0 Å². The molecule has 1 aliphatic rings. The third-order valence-electron chi connectivity index (χ3n) is 3.93. The number of nitrogens with zero attached hydrogens (tertiary/aromatic N) is 2. The number of urea groups is 1. The van der Waals surface area contributed by atoms with E-state index in [2.05, 4.69) is 39.6 Å². The normalized spacial score (nSPS) is 16.5. The third kappa shape index (κ3) is 4.93. The second kappa shape index (κ2) is 7.31. The van der Waals surface area contributed by atoms with Gasteiger partial charge < -0.3 is 20.4 Å². The first kappa shape index (κ1) is 15.6. The molecule has 0 atom stereocenters. The van der Waals surface area contributed by atoms with Crippen molar-refractivity contribution in [2.24, 2.45) is 0 Å². The molecule has 0 radical (unpaired) electrons. The summed E-state index contributed by atoms with van der Waals surface area (Å²) >= 11 is 0. The van der Waals surface area contributed by atoms with E-state index < -0.39 is 0 Å². The highest BCUT2D eigenvalue weighted by Crippen LogP contribution is 2.13. The molecule has 2 N–H and O–H groups in total. The maximum absolute atomic E-state index is 11.9. The van der Waals surface area contributed by atoms with Crippen molar-refractivity contribution in [3.05, 3.63) is 29.8 Å². The monoisotopic (exact) mass is 290 g/mol. The van der Waals surface area contributed by atoms with Crippen LogP contribution in [-0.2, 0) is 6.54 Å². The third-order valence-corrected chi connectivity index (χ3v) is 3.93. The zero-order valence-corrected chi connectivity index (χ0v) is 13.2. The summed E-state index contributed by atoms with van der Waals surface area (Å²) in [5, 5.41) is 6.00. The van der Waals surface area contributed by atoms with Crippen LogP contribution in [0.2, 0.25) is 0 Å². The van der Waals surface area contributed by atoms with Crippen LogP contribution in [0.4, 0.5) is 10.5 Å². The van der Waals surface area contributed by atoms with Crippen LogP contribution >= 0.6 is 0 Å². The number of carbonyl (C=O) groups excluding carboxylic acids is 1. The molecule has 21 heavy (non-hydrogen) atoms. The Hall–Kier alpha value is -1.75. The van der Waals surface area contributed by atoms with Crippen molar-refractivity contribution in [3.8, 4) is 0 Å². The zero-order chi connectivity index (χ0) is 15.2. The average Bonchev–Trinajstić information content (AvgIpc) is 2.48. The van der Waals surface area contributed by atoms with E-state index in [1.165, 1.54) is 0 Å². The Balaban J connectivity index is 1.77. The summed E-state index contributed by atoms with van der Waals surface area (Å²) in [4.78, 5) is 16.3. The Morgan fingerprint density at radius 3 is 2.71 bits per heavy atom. The van der Waals surface area contributed by atoms with Crippen LogP contribution in [0.25, 0.3) is 0 Å². The molecule has 0 saturated carbocycles. The highest BCUT2D eigenvalue weighted by molar-refractivity contribution is 5.74. The van der Waals surface area contributed by atoms with Gasteiger partial charge in [0.25, 0.3) is 0 Å². The number of piperidine rings is 1. The van der Waals surface area contributed by atoms with Gasteiger partial charge in [-0.2, -0.15) is 0 Å². The molecule has 0 bridgehead atoms. The van der Waals surface area contributed by atoms with Crippen molar-refractivity contribution in [3.63, 3.8) is 0 Å². The number of nitrogens with one attached hydrogen (secondary N) is 2. The summed E-state index contributed by atoms with van der Waals surface area (Å²) in [5.74, 6) is 0. The Labute approximate surface area is 127 Å². The van der Waals surface area contributed by atoms with Gasteiger partial charge in [0.05, 0.1) is 0 Å². The molecule has 0 aliphatic carbocycles. The fourth-order valence-electron chi connectivity index (χ4n) is 2.52. The van der Waals surface area contributed by atoms with Crippen molar-refractivity contribution in [2.45, 2.75) is 25.4 Å².